The zero-order valence-electron chi connectivity index (χ0n) is 12.3. The normalized spacial score (nSPS) is 27.5. The van der Waals surface area contributed by atoms with Gasteiger partial charge in [0, 0.05) is 35.9 Å². The number of carbonyl (C=O) groups excluding carboxylic acids is 1. The first kappa shape index (κ1) is 17.0. The molecular weight excluding hydrogens is 353 g/mol. The van der Waals surface area contributed by atoms with E-state index in [1.165, 1.54) is 19.3 Å². The van der Waals surface area contributed by atoms with E-state index in [1.807, 2.05) is 0 Å². The Balaban J connectivity index is 2.53. The molecular formula is C16H19BrFNO3. The number of rotatable bonds is 5. The molecule has 1 fully saturated rings. The smallest absolute Gasteiger partial charge is 0.217 e. The Morgan fingerprint density at radius 2 is 2.41 bits per heavy atom. The number of aliphatic hydroxyl groups excluding tert-OH is 1. The van der Waals surface area contributed by atoms with E-state index >= 15 is 0 Å². The van der Waals surface area contributed by atoms with Crippen LogP contribution in [0.15, 0.2) is 35.5 Å². The summed E-state index contributed by atoms with van der Waals surface area (Å²) < 4.78 is 20.6. The van der Waals surface area contributed by atoms with E-state index in [4.69, 9.17) is 4.74 Å². The highest BCUT2D eigenvalue weighted by Gasteiger charge is 2.51. The van der Waals surface area contributed by atoms with Gasteiger partial charge in [0.25, 0.3) is 0 Å². The van der Waals surface area contributed by atoms with Gasteiger partial charge in [0.05, 0.1) is 11.8 Å². The molecule has 0 aromatic heterocycles. The Bertz CT molecular complexity index is 581. The molecule has 3 unspecified atom stereocenters. The minimum atomic E-state index is -0.998. The molecule has 1 amide bonds. The molecule has 4 nitrogen and oxygen atoms in total. The largest absolute Gasteiger partial charge is 0.499 e. The van der Waals surface area contributed by atoms with Gasteiger partial charge >= 0.3 is 0 Å². The van der Waals surface area contributed by atoms with Crippen molar-refractivity contribution in [3.8, 4) is 0 Å². The van der Waals surface area contributed by atoms with E-state index in [-0.39, 0.29) is 24.5 Å². The van der Waals surface area contributed by atoms with Crippen LogP contribution < -0.4 is 5.32 Å². The first-order valence-corrected chi connectivity index (χ1v) is 7.83. The van der Waals surface area contributed by atoms with Crippen LogP contribution in [0.3, 0.4) is 0 Å². The molecule has 120 valence electrons. The first-order valence-electron chi connectivity index (χ1n) is 7.04. The van der Waals surface area contributed by atoms with Gasteiger partial charge in [0.2, 0.25) is 5.91 Å². The zero-order chi connectivity index (χ0) is 16.3. The van der Waals surface area contributed by atoms with Crippen LogP contribution in [0.1, 0.15) is 25.3 Å². The second-order valence-electron chi connectivity index (χ2n) is 5.52. The molecule has 6 heteroatoms. The Labute approximate surface area is 137 Å². The van der Waals surface area contributed by atoms with Crippen molar-refractivity contribution in [1.82, 2.24) is 5.32 Å². The average molecular weight is 372 g/mol. The molecule has 1 aromatic rings. The van der Waals surface area contributed by atoms with E-state index in [1.54, 1.807) is 12.1 Å². The summed E-state index contributed by atoms with van der Waals surface area (Å²) in [6, 6.07) is 4.59. The third kappa shape index (κ3) is 3.17. The molecule has 2 N–H and O–H groups in total. The summed E-state index contributed by atoms with van der Waals surface area (Å²) in [6.07, 6.45) is 1.98. The number of hydrogen-bond donors (Lipinski definition) is 2. The topological polar surface area (TPSA) is 58.6 Å². The lowest BCUT2D eigenvalue weighted by molar-refractivity contribution is -0.121. The summed E-state index contributed by atoms with van der Waals surface area (Å²) >= 11 is 3.33. The lowest BCUT2D eigenvalue weighted by Gasteiger charge is -2.36. The van der Waals surface area contributed by atoms with Crippen LogP contribution in [-0.4, -0.2) is 23.7 Å². The number of nitrogens with one attached hydrogen (secondary N) is 1. The third-order valence-electron chi connectivity index (χ3n) is 4.11. The molecule has 1 saturated carbocycles. The van der Waals surface area contributed by atoms with Crippen molar-refractivity contribution in [3.05, 3.63) is 46.9 Å². The van der Waals surface area contributed by atoms with E-state index in [2.05, 4.69) is 27.8 Å². The van der Waals surface area contributed by atoms with Crippen molar-refractivity contribution < 1.29 is 19.0 Å². The fourth-order valence-electron chi connectivity index (χ4n) is 3.30. The number of halogens is 2. The molecule has 0 heterocycles. The van der Waals surface area contributed by atoms with Crippen LogP contribution in [0.5, 0.6) is 0 Å². The lowest BCUT2D eigenvalue weighted by atomic mass is 9.80. The van der Waals surface area contributed by atoms with Gasteiger partial charge in [-0.2, -0.15) is 0 Å². The molecule has 2 rings (SSSR count). The lowest BCUT2D eigenvalue weighted by Crippen LogP contribution is -2.49. The second kappa shape index (κ2) is 6.79. The fourth-order valence-corrected chi connectivity index (χ4v) is 3.66. The highest BCUT2D eigenvalue weighted by molar-refractivity contribution is 9.10. The molecule has 22 heavy (non-hydrogen) atoms. The quantitative estimate of drug-likeness (QED) is 0.782. The maximum Gasteiger partial charge on any atom is 0.217 e. The van der Waals surface area contributed by atoms with E-state index < -0.39 is 11.4 Å². The molecule has 0 saturated heterocycles. The predicted octanol–water partition coefficient (Wildman–Crippen LogP) is 2.85. The van der Waals surface area contributed by atoms with Crippen LogP contribution in [0.25, 0.3) is 0 Å². The minimum Gasteiger partial charge on any atom is -0.499 e. The number of ether oxygens (including phenoxy) is 1. The van der Waals surface area contributed by atoms with Gasteiger partial charge in [-0.1, -0.05) is 22.5 Å². The number of benzene rings is 1. The molecule has 0 aliphatic heterocycles. The Morgan fingerprint density at radius 1 is 1.68 bits per heavy atom. The number of amides is 1. The van der Waals surface area contributed by atoms with Gasteiger partial charge in [-0.3, -0.25) is 4.79 Å². The number of hydrogen-bond acceptors (Lipinski definition) is 3. The van der Waals surface area contributed by atoms with Crippen LogP contribution in [0.4, 0.5) is 4.39 Å². The number of carbonyl (C=O) groups is 1. The third-order valence-corrected chi connectivity index (χ3v) is 4.60. The van der Waals surface area contributed by atoms with Crippen molar-refractivity contribution >= 4 is 21.8 Å². The van der Waals surface area contributed by atoms with Crippen LogP contribution in [0.2, 0.25) is 0 Å². The highest BCUT2D eigenvalue weighted by Crippen LogP contribution is 2.46. The van der Waals surface area contributed by atoms with Crippen LogP contribution >= 0.6 is 15.9 Å². The Hall–Kier alpha value is -1.40. The molecule has 1 aromatic carbocycles. The van der Waals surface area contributed by atoms with E-state index in [0.717, 1.165) is 0 Å². The Morgan fingerprint density at radius 3 is 3.00 bits per heavy atom. The standard InChI is InChI=1S/C16H19BrFNO3/c1-3-22-13-6-11(9-20)16(8-13,19-10(2)21)14-7-12(17)4-5-15(14)18/h3-5,7,11,13,20H,1,6,8-9H2,2H3,(H,19,21). The van der Waals surface area contributed by atoms with Crippen molar-refractivity contribution in [2.75, 3.05) is 6.61 Å². The van der Waals surface area contributed by atoms with Crippen molar-refractivity contribution in [3.63, 3.8) is 0 Å². The highest BCUT2D eigenvalue weighted by atomic mass is 79.9. The molecule has 1 aliphatic carbocycles. The maximum absolute atomic E-state index is 14.4. The van der Waals surface area contributed by atoms with Gasteiger partial charge in [-0.15, -0.1) is 0 Å². The predicted molar refractivity (Wildman–Crippen MR) is 84.5 cm³/mol. The van der Waals surface area contributed by atoms with Crippen molar-refractivity contribution in [2.45, 2.75) is 31.4 Å². The van der Waals surface area contributed by atoms with Crippen LogP contribution in [-0.2, 0) is 15.1 Å². The van der Waals surface area contributed by atoms with Crippen LogP contribution in [0, 0.1) is 11.7 Å². The Kier molecular flexibility index (Phi) is 5.24. The van der Waals surface area contributed by atoms with Gasteiger partial charge < -0.3 is 15.2 Å². The minimum absolute atomic E-state index is 0.177. The molecule has 0 bridgehead atoms. The summed E-state index contributed by atoms with van der Waals surface area (Å²) in [5, 5.41) is 12.6. The summed E-state index contributed by atoms with van der Waals surface area (Å²) in [4.78, 5) is 11.7. The molecule has 0 spiro atoms. The zero-order valence-corrected chi connectivity index (χ0v) is 13.9. The summed E-state index contributed by atoms with van der Waals surface area (Å²) in [6.45, 7) is 4.74. The second-order valence-corrected chi connectivity index (χ2v) is 6.44. The van der Waals surface area contributed by atoms with E-state index in [0.29, 0.717) is 22.9 Å². The van der Waals surface area contributed by atoms with Gasteiger partial charge in [0.15, 0.2) is 0 Å². The molecule has 3 atom stereocenters. The van der Waals surface area contributed by atoms with Gasteiger partial charge in [-0.05, 0) is 24.6 Å². The first-order chi connectivity index (χ1) is 10.4. The van der Waals surface area contributed by atoms with Gasteiger partial charge in [0.1, 0.15) is 11.9 Å². The maximum atomic E-state index is 14.4. The van der Waals surface area contributed by atoms with E-state index in [9.17, 15) is 14.3 Å². The number of aliphatic hydroxyl groups is 1. The fraction of sp³-hybridized carbons (Fsp3) is 0.438. The summed E-state index contributed by atoms with van der Waals surface area (Å²) in [5.41, 5.74) is -0.645. The summed E-state index contributed by atoms with van der Waals surface area (Å²) in [7, 11) is 0. The van der Waals surface area contributed by atoms with Gasteiger partial charge in [-0.25, -0.2) is 4.39 Å². The van der Waals surface area contributed by atoms with Crippen molar-refractivity contribution in [2.24, 2.45) is 5.92 Å². The summed E-state index contributed by atoms with van der Waals surface area (Å²) in [5.74, 6) is -1.04. The monoisotopic (exact) mass is 371 g/mol. The SMILES string of the molecule is C=COC1CC(CO)C(NC(C)=O)(c2cc(Br)ccc2F)C1. The van der Waals surface area contributed by atoms with Crippen molar-refractivity contribution in [1.29, 1.82) is 0 Å². The molecule has 1 aliphatic rings. The molecule has 0 radical (unpaired) electrons. The average Bonchev–Trinajstić information content (AvgIpc) is 2.79.